The van der Waals surface area contributed by atoms with Crippen molar-refractivity contribution in [1.29, 1.82) is 0 Å². The van der Waals surface area contributed by atoms with E-state index in [9.17, 15) is 4.39 Å². The lowest BCUT2D eigenvalue weighted by Gasteiger charge is -2.13. The first-order valence-electron chi connectivity index (χ1n) is 7.05. The predicted octanol–water partition coefficient (Wildman–Crippen LogP) is 4.32. The van der Waals surface area contributed by atoms with Crippen LogP contribution in [0.15, 0.2) is 36.5 Å². The van der Waals surface area contributed by atoms with Crippen molar-refractivity contribution < 1.29 is 13.9 Å². The molecule has 3 nitrogen and oxygen atoms in total. The molecule has 21 heavy (non-hydrogen) atoms. The maximum absolute atomic E-state index is 13.8. The van der Waals surface area contributed by atoms with Crippen LogP contribution in [-0.4, -0.2) is 12.1 Å². The highest BCUT2D eigenvalue weighted by atomic mass is 19.1. The molecule has 1 aromatic carbocycles. The lowest BCUT2D eigenvalue weighted by Crippen LogP contribution is -2.01. The molecule has 1 unspecified atom stereocenters. The molecule has 0 aliphatic heterocycles. The summed E-state index contributed by atoms with van der Waals surface area (Å²) in [6.07, 6.45) is 2.54. The minimum Gasteiger partial charge on any atom is -0.495 e. The van der Waals surface area contributed by atoms with Gasteiger partial charge in [-0.1, -0.05) is 13.8 Å². The summed E-state index contributed by atoms with van der Waals surface area (Å²) in [7, 11) is 1.60. The van der Waals surface area contributed by atoms with Gasteiger partial charge >= 0.3 is 0 Å². The van der Waals surface area contributed by atoms with Gasteiger partial charge in [-0.3, -0.25) is 4.98 Å². The molecule has 0 aliphatic rings. The van der Waals surface area contributed by atoms with Crippen molar-refractivity contribution in [3.8, 4) is 11.5 Å². The number of hydrogen-bond acceptors (Lipinski definition) is 3. The molecule has 0 N–H and O–H groups in total. The Morgan fingerprint density at radius 1 is 1.19 bits per heavy atom. The molecule has 1 aromatic heterocycles. The monoisotopic (exact) mass is 289 g/mol. The summed E-state index contributed by atoms with van der Waals surface area (Å²) in [6.45, 7) is 4.39. The molecular weight excluding hydrogens is 269 g/mol. The van der Waals surface area contributed by atoms with E-state index in [-0.39, 0.29) is 11.7 Å². The highest BCUT2D eigenvalue weighted by Gasteiger charge is 2.10. The van der Waals surface area contributed by atoms with E-state index in [0.29, 0.717) is 23.7 Å². The van der Waals surface area contributed by atoms with Gasteiger partial charge in [-0.05, 0) is 48.2 Å². The number of nitrogens with zero attached hydrogens (tertiary/aromatic N) is 1. The molecule has 1 heterocycles. The van der Waals surface area contributed by atoms with Crippen LogP contribution < -0.4 is 9.47 Å². The zero-order valence-corrected chi connectivity index (χ0v) is 12.6. The molecular formula is C17H20FNO2. The molecule has 0 aliphatic carbocycles. The highest BCUT2D eigenvalue weighted by molar-refractivity contribution is 5.32. The molecule has 112 valence electrons. The van der Waals surface area contributed by atoms with Crippen LogP contribution >= 0.6 is 0 Å². The first kappa shape index (κ1) is 15.3. The lowest BCUT2D eigenvalue weighted by atomic mass is 9.98. The fraction of sp³-hybridized carbons (Fsp3) is 0.353. The number of benzene rings is 1. The first-order valence-corrected chi connectivity index (χ1v) is 7.05. The van der Waals surface area contributed by atoms with E-state index in [1.807, 2.05) is 26.0 Å². The first-order chi connectivity index (χ1) is 10.1. The summed E-state index contributed by atoms with van der Waals surface area (Å²) in [5.74, 6) is 1.36. The number of rotatable bonds is 6. The van der Waals surface area contributed by atoms with Crippen LogP contribution in [0, 0.1) is 5.82 Å². The van der Waals surface area contributed by atoms with Crippen LogP contribution in [0.4, 0.5) is 4.39 Å². The van der Waals surface area contributed by atoms with Crippen LogP contribution in [0.3, 0.4) is 0 Å². The number of hydrogen-bond donors (Lipinski definition) is 0. The van der Waals surface area contributed by atoms with Crippen LogP contribution in [0.5, 0.6) is 11.5 Å². The zero-order valence-electron chi connectivity index (χ0n) is 12.6. The van der Waals surface area contributed by atoms with Crippen molar-refractivity contribution in [2.45, 2.75) is 32.8 Å². The van der Waals surface area contributed by atoms with Crippen LogP contribution in [-0.2, 0) is 6.61 Å². The Balaban J connectivity index is 2.05. The average Bonchev–Trinajstić information content (AvgIpc) is 2.53. The normalized spacial score (nSPS) is 12.0. The van der Waals surface area contributed by atoms with Crippen LogP contribution in [0.2, 0.25) is 0 Å². The van der Waals surface area contributed by atoms with Crippen molar-refractivity contribution in [3.05, 3.63) is 53.6 Å². The molecule has 4 heteroatoms. The van der Waals surface area contributed by atoms with Gasteiger partial charge in [0.2, 0.25) is 0 Å². The van der Waals surface area contributed by atoms with E-state index in [0.717, 1.165) is 12.1 Å². The Morgan fingerprint density at radius 3 is 2.57 bits per heavy atom. The van der Waals surface area contributed by atoms with Crippen LogP contribution in [0.25, 0.3) is 0 Å². The Labute approximate surface area is 124 Å². The summed E-state index contributed by atoms with van der Waals surface area (Å²) in [4.78, 5) is 4.23. The summed E-state index contributed by atoms with van der Waals surface area (Å²) in [5.41, 5.74) is 1.49. The molecule has 0 saturated carbocycles. The van der Waals surface area contributed by atoms with Gasteiger partial charge in [0.1, 0.15) is 23.9 Å². The van der Waals surface area contributed by atoms with E-state index in [4.69, 9.17) is 9.47 Å². The van der Waals surface area contributed by atoms with Crippen LogP contribution in [0.1, 0.15) is 37.4 Å². The van der Waals surface area contributed by atoms with E-state index in [2.05, 4.69) is 4.98 Å². The summed E-state index contributed by atoms with van der Waals surface area (Å²) in [6, 6.07) is 8.55. The molecule has 0 amide bonds. The van der Waals surface area contributed by atoms with E-state index in [1.54, 1.807) is 25.4 Å². The molecule has 0 spiro atoms. The second-order valence-corrected chi connectivity index (χ2v) is 4.97. The zero-order chi connectivity index (χ0) is 15.2. The third-order valence-electron chi connectivity index (χ3n) is 3.53. The van der Waals surface area contributed by atoms with Gasteiger partial charge in [0, 0.05) is 0 Å². The maximum atomic E-state index is 13.8. The SMILES string of the molecule is CCC(C)c1cc(OCc2ccc(OC)cn2)ccc1F. The molecule has 2 aromatic rings. The average molecular weight is 289 g/mol. The molecule has 1 atom stereocenters. The molecule has 0 bridgehead atoms. The summed E-state index contributed by atoms with van der Waals surface area (Å²) < 4.78 is 24.5. The van der Waals surface area contributed by atoms with Gasteiger partial charge in [-0.2, -0.15) is 0 Å². The third kappa shape index (κ3) is 3.94. The standard InChI is InChI=1S/C17H20FNO2/c1-4-12(2)16-9-14(7-8-17(16)18)21-11-13-5-6-15(20-3)10-19-13/h5-10,12H,4,11H2,1-3H3. The fourth-order valence-electron chi connectivity index (χ4n) is 1.98. The second-order valence-electron chi connectivity index (χ2n) is 4.97. The van der Waals surface area contributed by atoms with Gasteiger partial charge in [-0.25, -0.2) is 4.39 Å². The second kappa shape index (κ2) is 7.07. The van der Waals surface area contributed by atoms with Gasteiger partial charge in [0.15, 0.2) is 0 Å². The minimum absolute atomic E-state index is 0.174. The van der Waals surface area contributed by atoms with Crippen molar-refractivity contribution >= 4 is 0 Å². The lowest BCUT2D eigenvalue weighted by molar-refractivity contribution is 0.299. The van der Waals surface area contributed by atoms with E-state index < -0.39 is 0 Å². The number of pyridine rings is 1. The van der Waals surface area contributed by atoms with Gasteiger partial charge in [-0.15, -0.1) is 0 Å². The molecule has 0 radical (unpaired) electrons. The van der Waals surface area contributed by atoms with Gasteiger partial charge in [0.05, 0.1) is 19.0 Å². The van der Waals surface area contributed by atoms with Crippen molar-refractivity contribution in [3.63, 3.8) is 0 Å². The number of halogens is 1. The smallest absolute Gasteiger partial charge is 0.137 e. The molecule has 0 saturated heterocycles. The maximum Gasteiger partial charge on any atom is 0.137 e. The van der Waals surface area contributed by atoms with E-state index in [1.165, 1.54) is 6.07 Å². The van der Waals surface area contributed by atoms with Gasteiger partial charge in [0.25, 0.3) is 0 Å². The Kier molecular flexibility index (Phi) is 5.14. The minimum atomic E-state index is -0.181. The molecule has 2 rings (SSSR count). The largest absolute Gasteiger partial charge is 0.495 e. The molecule has 0 fully saturated rings. The van der Waals surface area contributed by atoms with Crippen molar-refractivity contribution in [1.82, 2.24) is 4.98 Å². The fourth-order valence-corrected chi connectivity index (χ4v) is 1.98. The highest BCUT2D eigenvalue weighted by Crippen LogP contribution is 2.26. The topological polar surface area (TPSA) is 31.4 Å². The number of ether oxygens (including phenoxy) is 2. The van der Waals surface area contributed by atoms with Gasteiger partial charge < -0.3 is 9.47 Å². The Morgan fingerprint density at radius 2 is 1.95 bits per heavy atom. The summed E-state index contributed by atoms with van der Waals surface area (Å²) in [5, 5.41) is 0. The number of aromatic nitrogens is 1. The predicted molar refractivity (Wildman–Crippen MR) is 80.2 cm³/mol. The van der Waals surface area contributed by atoms with E-state index >= 15 is 0 Å². The number of methoxy groups -OCH3 is 1. The summed E-state index contributed by atoms with van der Waals surface area (Å²) >= 11 is 0. The Bertz CT molecular complexity index is 584. The van der Waals surface area contributed by atoms with Crippen molar-refractivity contribution in [2.24, 2.45) is 0 Å². The quantitative estimate of drug-likeness (QED) is 0.793. The Hall–Kier alpha value is -2.10. The van der Waals surface area contributed by atoms with Crippen molar-refractivity contribution in [2.75, 3.05) is 7.11 Å². The third-order valence-corrected chi connectivity index (χ3v) is 3.53.